The molecule has 1 aliphatic rings. The molecule has 0 aromatic heterocycles. The number of hydrogen-bond donors (Lipinski definition) is 1. The van der Waals surface area contributed by atoms with Crippen LogP contribution < -0.4 is 0 Å². The lowest BCUT2D eigenvalue weighted by Crippen LogP contribution is -2.38. The van der Waals surface area contributed by atoms with Crippen molar-refractivity contribution in [2.24, 2.45) is 0 Å². The van der Waals surface area contributed by atoms with Gasteiger partial charge in [0, 0.05) is 19.0 Å². The second-order valence-electron chi connectivity index (χ2n) is 5.16. The van der Waals surface area contributed by atoms with Gasteiger partial charge in [-0.2, -0.15) is 0 Å². The van der Waals surface area contributed by atoms with Gasteiger partial charge in [0.25, 0.3) is 0 Å². The van der Waals surface area contributed by atoms with Crippen LogP contribution in [0.25, 0.3) is 0 Å². The van der Waals surface area contributed by atoms with E-state index >= 15 is 0 Å². The molecule has 0 fully saturated rings. The summed E-state index contributed by atoms with van der Waals surface area (Å²) in [5, 5.41) is 9.79. The Hall–Kier alpha value is -0.810. The summed E-state index contributed by atoms with van der Waals surface area (Å²) in [6.45, 7) is 5.85. The van der Waals surface area contributed by atoms with Crippen molar-refractivity contribution in [1.82, 2.24) is 4.90 Å². The SMILES string of the molecule is CC1=CC(O)N(CCC(C)(C)S(C)(=O)=O)C=C1. The van der Waals surface area contributed by atoms with E-state index in [1.165, 1.54) is 6.26 Å². The van der Waals surface area contributed by atoms with Gasteiger partial charge in [-0.15, -0.1) is 0 Å². The molecule has 4 nitrogen and oxygen atoms in total. The average Bonchev–Trinajstić information content (AvgIpc) is 2.14. The van der Waals surface area contributed by atoms with Gasteiger partial charge in [0.15, 0.2) is 9.84 Å². The molecule has 5 heteroatoms. The smallest absolute Gasteiger partial charge is 0.152 e. The van der Waals surface area contributed by atoms with Crippen LogP contribution >= 0.6 is 0 Å². The lowest BCUT2D eigenvalue weighted by molar-refractivity contribution is 0.0742. The molecule has 1 atom stereocenters. The third kappa shape index (κ3) is 3.57. The molecule has 98 valence electrons. The van der Waals surface area contributed by atoms with E-state index < -0.39 is 20.8 Å². The lowest BCUT2D eigenvalue weighted by Gasteiger charge is -2.31. The molecular weight excluding hydrogens is 238 g/mol. The Bertz CT molecular complexity index is 435. The number of nitrogens with zero attached hydrogens (tertiary/aromatic N) is 1. The molecule has 0 aromatic carbocycles. The zero-order chi connectivity index (χ0) is 13.3. The zero-order valence-corrected chi connectivity index (χ0v) is 11.7. The third-order valence-corrected chi connectivity index (χ3v) is 5.47. The normalized spacial score (nSPS) is 21.6. The van der Waals surface area contributed by atoms with Crippen molar-refractivity contribution in [2.45, 2.75) is 38.2 Å². The van der Waals surface area contributed by atoms with Crippen LogP contribution in [0.1, 0.15) is 27.2 Å². The molecule has 1 heterocycles. The first-order valence-corrected chi connectivity index (χ1v) is 7.53. The molecule has 0 aliphatic carbocycles. The number of sulfone groups is 1. The van der Waals surface area contributed by atoms with Crippen LogP contribution in [0.3, 0.4) is 0 Å². The highest BCUT2D eigenvalue weighted by Crippen LogP contribution is 2.22. The molecule has 1 N–H and O–H groups in total. The monoisotopic (exact) mass is 259 g/mol. The fourth-order valence-corrected chi connectivity index (χ4v) is 1.94. The summed E-state index contributed by atoms with van der Waals surface area (Å²) in [5.41, 5.74) is 1.01. The van der Waals surface area contributed by atoms with E-state index in [4.69, 9.17) is 0 Å². The highest BCUT2D eigenvalue weighted by molar-refractivity contribution is 7.92. The molecule has 0 bridgehead atoms. The maximum atomic E-state index is 11.5. The topological polar surface area (TPSA) is 57.6 Å². The van der Waals surface area contributed by atoms with Crippen LogP contribution in [0.4, 0.5) is 0 Å². The zero-order valence-electron chi connectivity index (χ0n) is 10.8. The third-order valence-electron chi connectivity index (χ3n) is 3.26. The van der Waals surface area contributed by atoms with Gasteiger partial charge in [-0.1, -0.05) is 0 Å². The highest BCUT2D eigenvalue weighted by atomic mass is 32.2. The summed E-state index contributed by atoms with van der Waals surface area (Å²) in [6.07, 6.45) is 6.53. The van der Waals surface area contributed by atoms with E-state index in [0.717, 1.165) is 5.57 Å². The molecule has 1 aliphatic heterocycles. The van der Waals surface area contributed by atoms with Crippen molar-refractivity contribution in [2.75, 3.05) is 12.8 Å². The number of allylic oxidation sites excluding steroid dienone is 2. The van der Waals surface area contributed by atoms with E-state index in [9.17, 15) is 13.5 Å². The second kappa shape index (κ2) is 4.82. The van der Waals surface area contributed by atoms with Crippen LogP contribution in [0.15, 0.2) is 23.9 Å². The van der Waals surface area contributed by atoms with Gasteiger partial charge < -0.3 is 10.0 Å². The molecule has 1 rings (SSSR count). The van der Waals surface area contributed by atoms with Crippen molar-refractivity contribution in [3.05, 3.63) is 23.9 Å². The molecule has 0 radical (unpaired) electrons. The lowest BCUT2D eigenvalue weighted by atomic mass is 10.1. The van der Waals surface area contributed by atoms with Crippen molar-refractivity contribution >= 4 is 9.84 Å². The summed E-state index contributed by atoms with van der Waals surface area (Å²) in [4.78, 5) is 1.74. The van der Waals surface area contributed by atoms with Gasteiger partial charge >= 0.3 is 0 Å². The number of hydrogen-bond acceptors (Lipinski definition) is 4. The molecular formula is C12H21NO3S. The fraction of sp³-hybridized carbons (Fsp3) is 0.667. The molecule has 0 saturated heterocycles. The molecule has 0 aromatic rings. The second-order valence-corrected chi connectivity index (χ2v) is 7.81. The minimum atomic E-state index is -3.08. The maximum absolute atomic E-state index is 11.5. The van der Waals surface area contributed by atoms with Crippen LogP contribution in [-0.2, 0) is 9.84 Å². The van der Waals surface area contributed by atoms with Gasteiger partial charge in [0.05, 0.1) is 4.75 Å². The molecule has 17 heavy (non-hydrogen) atoms. The Morgan fingerprint density at radius 2 is 2.06 bits per heavy atom. The number of aliphatic hydroxyl groups is 1. The molecule has 0 spiro atoms. The summed E-state index contributed by atoms with van der Waals surface area (Å²) >= 11 is 0. The van der Waals surface area contributed by atoms with Crippen molar-refractivity contribution in [3.8, 4) is 0 Å². The van der Waals surface area contributed by atoms with Gasteiger partial charge in [-0.05, 0) is 44.9 Å². The Morgan fingerprint density at radius 1 is 1.47 bits per heavy atom. The van der Waals surface area contributed by atoms with Crippen LogP contribution in [0.5, 0.6) is 0 Å². The van der Waals surface area contributed by atoms with E-state index in [2.05, 4.69) is 0 Å². The molecule has 1 unspecified atom stereocenters. The first-order valence-electron chi connectivity index (χ1n) is 5.63. The number of rotatable bonds is 4. The summed E-state index contributed by atoms with van der Waals surface area (Å²) in [7, 11) is -3.08. The summed E-state index contributed by atoms with van der Waals surface area (Å²) < 4.78 is 22.3. The first kappa shape index (κ1) is 14.3. The maximum Gasteiger partial charge on any atom is 0.152 e. The van der Waals surface area contributed by atoms with Crippen molar-refractivity contribution in [1.29, 1.82) is 0 Å². The van der Waals surface area contributed by atoms with Gasteiger partial charge in [-0.3, -0.25) is 0 Å². The number of aliphatic hydroxyl groups excluding tert-OH is 1. The Balaban J connectivity index is 2.62. The minimum absolute atomic E-state index is 0.486. The molecule has 0 saturated carbocycles. The standard InChI is InChI=1S/C12H21NO3S/c1-10-5-7-13(11(14)9-10)8-6-12(2,3)17(4,15)16/h5,7,9,11,14H,6,8H2,1-4H3. The Kier molecular flexibility index (Phi) is 4.04. The summed E-state index contributed by atoms with van der Waals surface area (Å²) in [6, 6.07) is 0. The Labute approximate surface area is 104 Å². The van der Waals surface area contributed by atoms with Gasteiger partial charge in [0.2, 0.25) is 0 Å². The quantitative estimate of drug-likeness (QED) is 0.826. The predicted octanol–water partition coefficient (Wildman–Crippen LogP) is 1.29. The first-order chi connectivity index (χ1) is 7.63. The fourth-order valence-electron chi connectivity index (χ4n) is 1.48. The van der Waals surface area contributed by atoms with E-state index in [-0.39, 0.29) is 0 Å². The Morgan fingerprint density at radius 3 is 2.53 bits per heavy atom. The molecule has 0 amide bonds. The largest absolute Gasteiger partial charge is 0.370 e. The van der Waals surface area contributed by atoms with Gasteiger partial charge in [-0.25, -0.2) is 8.42 Å². The van der Waals surface area contributed by atoms with Crippen LogP contribution in [0.2, 0.25) is 0 Å². The minimum Gasteiger partial charge on any atom is -0.370 e. The van der Waals surface area contributed by atoms with Crippen molar-refractivity contribution in [3.63, 3.8) is 0 Å². The van der Waals surface area contributed by atoms with Crippen molar-refractivity contribution < 1.29 is 13.5 Å². The van der Waals surface area contributed by atoms with Crippen LogP contribution in [-0.4, -0.2) is 42.2 Å². The summed E-state index contributed by atoms with van der Waals surface area (Å²) in [5.74, 6) is 0. The predicted molar refractivity (Wildman–Crippen MR) is 69.1 cm³/mol. The van der Waals surface area contributed by atoms with E-state index in [1.54, 1.807) is 31.0 Å². The van der Waals surface area contributed by atoms with Crippen LogP contribution in [0, 0.1) is 0 Å². The van der Waals surface area contributed by atoms with Gasteiger partial charge in [0.1, 0.15) is 6.23 Å². The van der Waals surface area contributed by atoms with E-state index in [0.29, 0.717) is 13.0 Å². The average molecular weight is 259 g/mol. The van der Waals surface area contributed by atoms with E-state index in [1.807, 2.05) is 13.0 Å². The highest BCUT2D eigenvalue weighted by Gasteiger charge is 2.30.